The van der Waals surface area contributed by atoms with Crippen LogP contribution in [0.1, 0.15) is 12.5 Å². The molecule has 108 heavy (non-hydrogen) atoms. The molecule has 0 aliphatic rings. The Labute approximate surface area is 644 Å². The maximum absolute atomic E-state index is 14.7. The van der Waals surface area contributed by atoms with Crippen molar-refractivity contribution in [1.82, 2.24) is 25.3 Å². The smallest absolute Gasteiger partial charge is 0.300 e. The molecule has 13 rings (SSSR count). The molecule has 8 aromatic heterocycles. The van der Waals surface area contributed by atoms with E-state index in [0.717, 1.165) is 102 Å². The molecule has 0 spiro atoms. The van der Waals surface area contributed by atoms with E-state index >= 15 is 0 Å². The molecular weight excluding hydrogens is 1640 g/mol. The predicted octanol–water partition coefficient (Wildman–Crippen LogP) is 15.4. The van der Waals surface area contributed by atoms with Crippen molar-refractivity contribution in [2.75, 3.05) is 36.1 Å². The van der Waals surface area contributed by atoms with Crippen LogP contribution in [0.3, 0.4) is 0 Å². The number of thiophene rings is 4. The number of rotatable bonds is 17. The summed E-state index contributed by atoms with van der Waals surface area (Å²) in [4.78, 5) is 57.5. The molecule has 5 aromatic carbocycles. The first kappa shape index (κ1) is 83.1. The van der Waals surface area contributed by atoms with Gasteiger partial charge in [0.05, 0.1) is 84.3 Å². The molecule has 1 unspecified atom stereocenters. The van der Waals surface area contributed by atoms with Crippen molar-refractivity contribution in [3.05, 3.63) is 226 Å². The molecule has 0 aliphatic heterocycles. The average Bonchev–Trinajstić information content (AvgIpc) is 1.64. The molecule has 1 amide bonds. The van der Waals surface area contributed by atoms with E-state index in [1.54, 1.807) is 30.5 Å². The third-order valence-electron chi connectivity index (χ3n) is 13.5. The molecule has 13 aromatic rings. The van der Waals surface area contributed by atoms with Crippen LogP contribution >= 0.6 is 57.6 Å². The normalized spacial score (nSPS) is 11.3. The Hall–Kier alpha value is -10.6. The summed E-state index contributed by atoms with van der Waals surface area (Å²) < 4.78 is 164. The molecule has 0 radical (unpaired) electrons. The van der Waals surface area contributed by atoms with Gasteiger partial charge in [0.15, 0.2) is 80.9 Å². The number of aliphatic carboxylic acids is 1. The number of aromatic nitrogens is 4. The molecule has 0 bridgehead atoms. The van der Waals surface area contributed by atoms with Crippen molar-refractivity contribution < 1.29 is 108 Å². The van der Waals surface area contributed by atoms with E-state index in [1.807, 2.05) is 30.3 Å². The van der Waals surface area contributed by atoms with E-state index in [0.29, 0.717) is 67.9 Å². The first-order chi connectivity index (χ1) is 50.5. The summed E-state index contributed by atoms with van der Waals surface area (Å²) in [6.45, 7) is 1.08. The van der Waals surface area contributed by atoms with Gasteiger partial charge in [-0.15, -0.1) is 45.3 Å². The zero-order valence-corrected chi connectivity index (χ0v) is 64.1. The van der Waals surface area contributed by atoms with Crippen LogP contribution in [0, 0.1) is 43.5 Å². The van der Waals surface area contributed by atoms with Crippen LogP contribution in [0.15, 0.2) is 193 Å². The van der Waals surface area contributed by atoms with Crippen LogP contribution in [0.2, 0.25) is 0 Å². The van der Waals surface area contributed by atoms with Gasteiger partial charge in [-0.25, -0.2) is 42.8 Å². The van der Waals surface area contributed by atoms with E-state index in [2.05, 4.69) is 30.6 Å². The Morgan fingerprint density at radius 1 is 0.528 bits per heavy atom. The summed E-state index contributed by atoms with van der Waals surface area (Å²) in [7, 11) is -11.3. The van der Waals surface area contributed by atoms with Gasteiger partial charge < -0.3 is 40.4 Å². The monoisotopic (exact) mass is 1690 g/mol. The summed E-state index contributed by atoms with van der Waals surface area (Å²) in [5.74, 6) is -3.32. The van der Waals surface area contributed by atoms with Crippen LogP contribution in [0.25, 0.3) is 40.9 Å². The van der Waals surface area contributed by atoms with Gasteiger partial charge in [-0.1, -0.05) is 30.3 Å². The van der Waals surface area contributed by atoms with Gasteiger partial charge in [0.2, 0.25) is 5.91 Å². The van der Waals surface area contributed by atoms with Gasteiger partial charge in [0, 0.05) is 134 Å². The van der Waals surface area contributed by atoms with Crippen LogP contribution in [0.5, 0.6) is 46.0 Å². The first-order valence-electron chi connectivity index (χ1n) is 29.7. The van der Waals surface area contributed by atoms with Gasteiger partial charge in [-0.2, -0.15) is 0 Å². The standard InChI is InChI=1S/C23H18FN3O4S3.C14H9FN2O5S2.C14H9FN2O4S2.C14H11FN2O3S2.C2H4O2.Fe/c1-34(29,30)21-13-17-22(33-21)19(9-10-25-17)31-18-8-7-15(12-16(18)24)26-23(32)27-20(28)11-14-5-3-2-4-6-14;1-24(20,21)13-7-10-14(23-13)12(4-5-16-10)22-11-3-2-8(17(18)19)6-9(11)15;1-23(20)13-7-10-14(22-13)12(4-5-16-10)21-11-3-2-8(17(18)19)6-9(11)15;1-22(18,19)13-7-10-14(21-13)12(4-5-17-10)20-11-3-2-8(16)6-9(11)15;1-2(3)4;/h2-10,12-13H,11H2,1H3,(H2,26,27,28,32);2-7H,1H3;2-7H,1H3;2-7H,16H2,1H3;1H3,(H,3,4);. The fourth-order valence-corrected chi connectivity index (χ4v) is 16.8. The third-order valence-corrected chi connectivity index (χ3v) is 25.1. The number of nitrogens with one attached hydrogen (secondary N) is 2. The number of carboxylic acids is 1. The number of hydrogen-bond acceptors (Lipinski definition) is 27. The Kier molecular flexibility index (Phi) is 27.6. The Bertz CT molecular complexity index is 6000. The predicted molar refractivity (Wildman–Crippen MR) is 402 cm³/mol. The Morgan fingerprint density at radius 3 is 1.21 bits per heavy atom. The number of carboxylic acid groups (broad SMARTS) is 1. The van der Waals surface area contributed by atoms with Crippen molar-refractivity contribution in [2.45, 2.75) is 30.2 Å². The number of fused-ring (bicyclic) bond motifs is 4. The van der Waals surface area contributed by atoms with Crippen LogP contribution in [-0.4, -0.2) is 106 Å². The van der Waals surface area contributed by atoms with Crippen molar-refractivity contribution >= 4 is 178 Å². The minimum Gasteiger partial charge on any atom is -0.481 e. The Balaban J connectivity index is 0.000000180. The van der Waals surface area contributed by atoms with Crippen molar-refractivity contribution in [2.24, 2.45) is 0 Å². The second-order valence-corrected chi connectivity index (χ2v) is 34.7. The molecule has 8 heterocycles. The molecular formula is C67H51F4FeN9O18S9. The van der Waals surface area contributed by atoms with E-state index < -0.39 is 85.1 Å². The number of anilines is 2. The number of nitrogens with two attached hydrogens (primary N) is 1. The maximum atomic E-state index is 14.7. The number of benzene rings is 5. The maximum Gasteiger partial charge on any atom is 0.300 e. The van der Waals surface area contributed by atoms with Crippen molar-refractivity contribution in [1.29, 1.82) is 0 Å². The fourth-order valence-electron chi connectivity index (χ4n) is 8.80. The Morgan fingerprint density at radius 2 is 0.870 bits per heavy atom. The van der Waals surface area contributed by atoms with Crippen LogP contribution in [-0.2, 0) is 73.4 Å². The number of non-ortho nitro benzene ring substituents is 2. The number of carbonyl (C=O) groups is 2. The van der Waals surface area contributed by atoms with Gasteiger partial charge in [-0.05, 0) is 78.4 Å². The topological polar surface area (TPSA) is 399 Å². The number of thiocarbonyl (C=S) groups is 1. The summed E-state index contributed by atoms with van der Waals surface area (Å²) in [5.41, 5.74) is 8.13. The number of pyridine rings is 4. The summed E-state index contributed by atoms with van der Waals surface area (Å²) in [6, 6.07) is 35.8. The number of hydrogen-bond donors (Lipinski definition) is 4. The zero-order valence-electron chi connectivity index (χ0n) is 55.6. The van der Waals surface area contributed by atoms with E-state index in [4.69, 9.17) is 46.8 Å². The van der Waals surface area contributed by atoms with Gasteiger partial charge >= 0.3 is 0 Å². The van der Waals surface area contributed by atoms with E-state index in [9.17, 15) is 72.0 Å². The number of carbonyl (C=O) groups excluding carboxylic acids is 1. The second-order valence-electron chi connectivity index (χ2n) is 21.8. The molecule has 0 aliphatic carbocycles. The molecule has 27 nitrogen and oxygen atoms in total. The van der Waals surface area contributed by atoms with Crippen LogP contribution in [0.4, 0.5) is 40.3 Å². The quantitative estimate of drug-likeness (QED) is 0.0164. The van der Waals surface area contributed by atoms with Crippen LogP contribution < -0.4 is 35.3 Å². The number of amides is 1. The molecule has 0 fully saturated rings. The summed E-state index contributed by atoms with van der Waals surface area (Å²) in [6.07, 6.45) is 10.9. The van der Waals surface area contributed by atoms with E-state index in [1.165, 1.54) is 96.8 Å². The number of nitrogens with zero attached hydrogens (tertiary/aromatic N) is 6. The number of nitro groups is 2. The molecule has 1 atom stereocenters. The summed E-state index contributed by atoms with van der Waals surface area (Å²) in [5, 5.41) is 34.0. The summed E-state index contributed by atoms with van der Waals surface area (Å²) >= 11 is 9.39. The minimum atomic E-state index is -3.41. The van der Waals surface area contributed by atoms with Gasteiger partial charge in [-0.3, -0.25) is 54.0 Å². The number of sulfone groups is 3. The van der Waals surface area contributed by atoms with Crippen molar-refractivity contribution in [3.8, 4) is 46.0 Å². The molecule has 562 valence electrons. The largest absolute Gasteiger partial charge is 0.481 e. The SMILES string of the molecule is CC(=O)O.CS(=O)(=O)c1cc2nccc(Oc3ccc(N)cc3F)c2s1.CS(=O)(=O)c1cc2nccc(Oc3ccc(NC(=S)NC(=O)Cc4ccccc4)cc3F)c2s1.CS(=O)(=O)c1cc2nccc(Oc3ccc([N+](=O)[O-])cc3F)c2s1.CS(=O)c1cc2nccc(Oc3ccc([N+](=O)[O-])cc3F)c2s1.[Fe]. The number of nitrogen functional groups attached to an aromatic ring is 1. The van der Waals surface area contributed by atoms with Gasteiger partial charge in [0.25, 0.3) is 17.3 Å². The molecule has 5 N–H and O–H groups in total. The molecule has 0 saturated heterocycles. The van der Waals surface area contributed by atoms with Gasteiger partial charge in [0.1, 0.15) is 35.6 Å². The average molecular weight is 1690 g/mol. The van der Waals surface area contributed by atoms with E-state index in [-0.39, 0.29) is 87.3 Å². The zero-order chi connectivity index (χ0) is 77.8. The molecule has 41 heteroatoms. The number of nitro benzene ring substituents is 2. The third kappa shape index (κ3) is 22.3. The van der Waals surface area contributed by atoms with Crippen molar-refractivity contribution in [3.63, 3.8) is 0 Å². The second kappa shape index (κ2) is 35.9. The number of halogens is 4. The molecule has 0 saturated carbocycles. The minimum absolute atomic E-state index is 0. The number of ether oxygens (including phenoxy) is 4. The fraction of sp³-hybridized carbons (Fsp3) is 0.0896. The first-order valence-corrected chi connectivity index (χ1v) is 40.6.